The van der Waals surface area contributed by atoms with E-state index in [0.29, 0.717) is 11.1 Å². The maximum absolute atomic E-state index is 14.8. The van der Waals surface area contributed by atoms with Crippen molar-refractivity contribution in [1.82, 2.24) is 10.1 Å². The van der Waals surface area contributed by atoms with Gasteiger partial charge in [0.2, 0.25) is 5.82 Å². The van der Waals surface area contributed by atoms with Gasteiger partial charge in [-0.3, -0.25) is 0 Å². The van der Waals surface area contributed by atoms with E-state index in [1.54, 1.807) is 31.2 Å². The van der Waals surface area contributed by atoms with Crippen LogP contribution < -0.4 is 0 Å². The van der Waals surface area contributed by atoms with E-state index in [0.717, 1.165) is 19.2 Å². The smallest absolute Gasteiger partial charge is 0.417 e. The van der Waals surface area contributed by atoms with Crippen LogP contribution in [0.2, 0.25) is 0 Å². The number of aromatic nitrogens is 2. The molecule has 11 heteroatoms. The summed E-state index contributed by atoms with van der Waals surface area (Å²) in [6.07, 6.45) is -4.65. The Kier molecular flexibility index (Phi) is 7.09. The van der Waals surface area contributed by atoms with Gasteiger partial charge in [-0.15, -0.1) is 0 Å². The van der Waals surface area contributed by atoms with Gasteiger partial charge in [0.05, 0.1) is 12.6 Å². The highest BCUT2D eigenvalue weighted by Crippen LogP contribution is 2.40. The molecular weight excluding hydrogens is 506 g/mol. The third-order valence-electron chi connectivity index (χ3n) is 6.41. The van der Waals surface area contributed by atoms with Crippen molar-refractivity contribution in [2.75, 3.05) is 7.05 Å². The fourth-order valence-corrected chi connectivity index (χ4v) is 4.00. The highest BCUT2D eigenvalue weighted by Gasteiger charge is 2.35. The largest absolute Gasteiger partial charge is 0.632 e. The van der Waals surface area contributed by atoms with E-state index in [1.807, 2.05) is 0 Å². The number of aliphatic carboxylic acids is 1. The molecule has 0 saturated carbocycles. The van der Waals surface area contributed by atoms with Crippen LogP contribution in [-0.4, -0.2) is 39.0 Å². The Hall–Kier alpha value is -4.09. The van der Waals surface area contributed by atoms with Crippen LogP contribution >= 0.6 is 0 Å². The third-order valence-corrected chi connectivity index (χ3v) is 6.41. The number of alkyl halides is 3. The Bertz CT molecular complexity index is 1500. The van der Waals surface area contributed by atoms with E-state index >= 15 is 0 Å². The number of carboxylic acid groups (broad SMARTS) is 1. The van der Waals surface area contributed by atoms with Gasteiger partial charge in [0.1, 0.15) is 12.4 Å². The van der Waals surface area contributed by atoms with Crippen molar-refractivity contribution in [3.05, 3.63) is 88.4 Å². The van der Waals surface area contributed by atoms with Crippen molar-refractivity contribution in [3.63, 3.8) is 0 Å². The van der Waals surface area contributed by atoms with E-state index in [2.05, 4.69) is 10.1 Å². The predicted molar refractivity (Wildman–Crippen MR) is 131 cm³/mol. The molecule has 1 N–H and O–H groups in total. The molecule has 1 heterocycles. The van der Waals surface area contributed by atoms with E-state index in [1.165, 1.54) is 31.2 Å². The zero-order valence-corrected chi connectivity index (χ0v) is 20.6. The number of rotatable bonds is 7. The summed E-state index contributed by atoms with van der Waals surface area (Å²) in [4.78, 5) is 15.3. The van der Waals surface area contributed by atoms with Gasteiger partial charge in [0.25, 0.3) is 5.89 Å². The minimum absolute atomic E-state index is 0.00955. The minimum atomic E-state index is -4.65. The second-order valence-corrected chi connectivity index (χ2v) is 9.15. The van der Waals surface area contributed by atoms with Crippen molar-refractivity contribution in [2.45, 2.75) is 32.6 Å². The SMILES string of the molecule is Cc1ccccc1-c1ccc(-c2nc(-c3ccc(C[N+](C)([O-])C(C)C(=O)O)c(F)c3)no2)cc1C(F)(F)F. The number of carbonyl (C=O) groups is 1. The maximum Gasteiger partial charge on any atom is 0.417 e. The molecule has 0 saturated heterocycles. The molecule has 1 aromatic heterocycles. The molecule has 0 amide bonds. The number of hydrogen-bond donors (Lipinski definition) is 1. The number of hydroxylamine groups is 3. The molecule has 38 heavy (non-hydrogen) atoms. The van der Waals surface area contributed by atoms with Gasteiger partial charge in [-0.05, 0) is 54.8 Å². The van der Waals surface area contributed by atoms with Gasteiger partial charge < -0.3 is 19.5 Å². The Morgan fingerprint density at radius 2 is 1.76 bits per heavy atom. The summed E-state index contributed by atoms with van der Waals surface area (Å²) in [6.45, 7) is 2.53. The number of carboxylic acids is 1. The highest BCUT2D eigenvalue weighted by atomic mass is 19.4. The van der Waals surface area contributed by atoms with Crippen LogP contribution in [0.4, 0.5) is 17.6 Å². The van der Waals surface area contributed by atoms with Gasteiger partial charge in [0, 0.05) is 16.7 Å². The first-order valence-corrected chi connectivity index (χ1v) is 11.5. The van der Waals surface area contributed by atoms with E-state index in [-0.39, 0.29) is 34.0 Å². The number of benzene rings is 3. The third kappa shape index (κ3) is 5.43. The molecule has 0 radical (unpaired) electrons. The van der Waals surface area contributed by atoms with Gasteiger partial charge in [0.15, 0.2) is 6.04 Å². The highest BCUT2D eigenvalue weighted by molar-refractivity contribution is 5.74. The van der Waals surface area contributed by atoms with Crippen LogP contribution in [0.5, 0.6) is 0 Å². The fraction of sp³-hybridized carbons (Fsp3) is 0.222. The molecule has 198 valence electrons. The molecule has 0 aliphatic rings. The number of nitrogens with zero attached hydrogens (tertiary/aromatic N) is 3. The Balaban J connectivity index is 1.65. The summed E-state index contributed by atoms with van der Waals surface area (Å²) < 4.78 is 60.6. The molecule has 3 aromatic carbocycles. The maximum atomic E-state index is 14.8. The van der Waals surface area contributed by atoms with Crippen LogP contribution in [0, 0.1) is 17.9 Å². The minimum Gasteiger partial charge on any atom is -0.632 e. The van der Waals surface area contributed by atoms with Crippen molar-refractivity contribution in [1.29, 1.82) is 0 Å². The van der Waals surface area contributed by atoms with Crippen molar-refractivity contribution >= 4 is 5.97 Å². The summed E-state index contributed by atoms with van der Waals surface area (Å²) in [6, 6.07) is 12.9. The first-order chi connectivity index (χ1) is 17.8. The number of aryl methyl sites for hydroxylation is 1. The van der Waals surface area contributed by atoms with E-state index in [9.17, 15) is 27.6 Å². The molecular formula is C27H23F4N3O4. The zero-order chi connectivity index (χ0) is 27.8. The van der Waals surface area contributed by atoms with Gasteiger partial charge >= 0.3 is 12.1 Å². The van der Waals surface area contributed by atoms with Gasteiger partial charge in [-0.25, -0.2) is 9.18 Å². The molecule has 0 bridgehead atoms. The summed E-state index contributed by atoms with van der Waals surface area (Å²) in [5, 5.41) is 25.5. The first kappa shape index (κ1) is 27.0. The summed E-state index contributed by atoms with van der Waals surface area (Å²) in [5.41, 5.74) is 0.465. The van der Waals surface area contributed by atoms with E-state index < -0.39 is 40.8 Å². The lowest BCUT2D eigenvalue weighted by Crippen LogP contribution is -2.49. The topological polar surface area (TPSA) is 99.3 Å². The molecule has 0 aliphatic carbocycles. The standard InChI is InChI=1S/C27H23F4N3O4/c1-15-6-4-5-7-20(15)21-11-10-18(12-22(21)27(29,30)31)25-32-24(33-38-25)17-8-9-19(23(28)13-17)14-34(3,37)16(2)26(35)36/h4-13,16H,14H2,1-3H3,(H,35,36). The second kappa shape index (κ2) is 9.99. The lowest BCUT2D eigenvalue weighted by molar-refractivity contribution is -0.889. The lowest BCUT2D eigenvalue weighted by atomic mass is 9.94. The van der Waals surface area contributed by atoms with Crippen LogP contribution in [0.25, 0.3) is 34.0 Å². The summed E-state index contributed by atoms with van der Waals surface area (Å²) in [5.74, 6) is -2.35. The predicted octanol–water partition coefficient (Wildman–Crippen LogP) is 6.45. The molecule has 0 fully saturated rings. The Morgan fingerprint density at radius 3 is 2.39 bits per heavy atom. The molecule has 7 nitrogen and oxygen atoms in total. The second-order valence-electron chi connectivity index (χ2n) is 9.15. The molecule has 2 atom stereocenters. The number of likely N-dealkylation sites (N-methyl/N-ethyl adjacent to an activating group) is 1. The van der Waals surface area contributed by atoms with Crippen molar-refractivity contribution in [3.8, 4) is 34.0 Å². The van der Waals surface area contributed by atoms with Crippen LogP contribution in [0.15, 0.2) is 65.2 Å². The number of halogens is 4. The van der Waals surface area contributed by atoms with Crippen molar-refractivity contribution < 1.29 is 36.6 Å². The fourth-order valence-electron chi connectivity index (χ4n) is 4.00. The quantitative estimate of drug-likeness (QED) is 0.168. The number of quaternary nitrogens is 1. The van der Waals surface area contributed by atoms with E-state index in [4.69, 9.17) is 9.63 Å². The average Bonchev–Trinajstić information content (AvgIpc) is 3.34. The lowest BCUT2D eigenvalue weighted by Gasteiger charge is -2.41. The average molecular weight is 529 g/mol. The van der Waals surface area contributed by atoms with Gasteiger partial charge in [-0.1, -0.05) is 41.6 Å². The molecule has 2 unspecified atom stereocenters. The van der Waals surface area contributed by atoms with Crippen LogP contribution in [0.3, 0.4) is 0 Å². The van der Waals surface area contributed by atoms with Crippen LogP contribution in [-0.2, 0) is 17.5 Å². The molecule has 0 aliphatic heterocycles. The van der Waals surface area contributed by atoms with Crippen LogP contribution in [0.1, 0.15) is 23.6 Å². The monoisotopic (exact) mass is 529 g/mol. The summed E-state index contributed by atoms with van der Waals surface area (Å²) in [7, 11) is 1.14. The Labute approximate surface area is 215 Å². The first-order valence-electron chi connectivity index (χ1n) is 11.5. The molecule has 0 spiro atoms. The number of hydrogen-bond acceptors (Lipinski definition) is 5. The van der Waals surface area contributed by atoms with Gasteiger partial charge in [-0.2, -0.15) is 18.2 Å². The van der Waals surface area contributed by atoms with Crippen molar-refractivity contribution in [2.24, 2.45) is 0 Å². The molecule has 4 rings (SSSR count). The molecule has 4 aromatic rings. The normalized spacial score (nSPS) is 14.2. The Morgan fingerprint density at radius 1 is 1.08 bits per heavy atom. The zero-order valence-electron chi connectivity index (χ0n) is 20.6. The summed E-state index contributed by atoms with van der Waals surface area (Å²) >= 11 is 0.